The molecule has 1 saturated carbocycles. The van der Waals surface area contributed by atoms with Crippen LogP contribution in [0.2, 0.25) is 0 Å². The first kappa shape index (κ1) is 22.4. The normalized spacial score (nSPS) is 22.0. The summed E-state index contributed by atoms with van der Waals surface area (Å²) in [6, 6.07) is 0.341. The summed E-state index contributed by atoms with van der Waals surface area (Å²) >= 11 is 0. The molecular formula is C16H33IN4O2. The monoisotopic (exact) mass is 440 g/mol. The first-order valence-corrected chi connectivity index (χ1v) is 8.40. The van der Waals surface area contributed by atoms with Crippen LogP contribution < -0.4 is 16.0 Å². The Kier molecular flexibility index (Phi) is 10.8. The maximum absolute atomic E-state index is 12.0. The molecule has 1 aliphatic carbocycles. The molecule has 0 spiro atoms. The van der Waals surface area contributed by atoms with Crippen LogP contribution in [0.5, 0.6) is 0 Å². The first-order chi connectivity index (χ1) is 10.4. The van der Waals surface area contributed by atoms with Crippen molar-refractivity contribution in [2.45, 2.75) is 65.5 Å². The average molecular weight is 440 g/mol. The standard InChI is InChI=1S/C16H32N4O2.HI/c1-5-17-14(22)16(3,4)11-19-15(18-6-2)20-12-7-9-13(21)10-8-12;/h12-13,21H,5-11H2,1-4H3,(H,17,22)(H2,18,19,20);1H. The smallest absolute Gasteiger partial charge is 0.227 e. The lowest BCUT2D eigenvalue weighted by Crippen LogP contribution is -2.46. The number of aliphatic hydroxyl groups is 1. The highest BCUT2D eigenvalue weighted by molar-refractivity contribution is 14.0. The lowest BCUT2D eigenvalue weighted by atomic mass is 9.92. The Morgan fingerprint density at radius 2 is 1.70 bits per heavy atom. The van der Waals surface area contributed by atoms with E-state index < -0.39 is 5.41 Å². The third kappa shape index (κ3) is 8.19. The van der Waals surface area contributed by atoms with Gasteiger partial charge in [-0.2, -0.15) is 0 Å². The molecule has 1 aliphatic rings. The predicted molar refractivity (Wildman–Crippen MR) is 105 cm³/mol. The van der Waals surface area contributed by atoms with Crippen molar-refractivity contribution in [3.8, 4) is 0 Å². The topological polar surface area (TPSA) is 85.8 Å². The SMILES string of the molecule is CCNC(=O)C(C)(C)CN=C(NCC)NC1CCC(O)CC1.I. The molecule has 0 unspecified atom stereocenters. The van der Waals surface area contributed by atoms with E-state index in [1.54, 1.807) is 0 Å². The van der Waals surface area contributed by atoms with E-state index in [1.807, 2.05) is 27.7 Å². The number of guanidine groups is 1. The third-order valence-electron chi connectivity index (χ3n) is 3.97. The van der Waals surface area contributed by atoms with Gasteiger partial charge in [0.15, 0.2) is 5.96 Å². The van der Waals surface area contributed by atoms with Crippen molar-refractivity contribution in [2.75, 3.05) is 19.6 Å². The summed E-state index contributed by atoms with van der Waals surface area (Å²) in [5.41, 5.74) is -0.527. The Labute approximate surface area is 157 Å². The minimum Gasteiger partial charge on any atom is -0.393 e. The minimum atomic E-state index is -0.527. The lowest BCUT2D eigenvalue weighted by Gasteiger charge is -2.28. The second-order valence-electron chi connectivity index (χ2n) is 6.59. The summed E-state index contributed by atoms with van der Waals surface area (Å²) in [5.74, 6) is 0.775. The maximum Gasteiger partial charge on any atom is 0.227 e. The molecule has 136 valence electrons. The van der Waals surface area contributed by atoms with Crippen LogP contribution in [0.25, 0.3) is 0 Å². The van der Waals surface area contributed by atoms with Crippen LogP contribution in [0.15, 0.2) is 4.99 Å². The molecule has 0 aliphatic heterocycles. The number of aliphatic imine (C=N–C) groups is 1. The van der Waals surface area contributed by atoms with Crippen molar-refractivity contribution in [3.05, 3.63) is 0 Å². The zero-order valence-electron chi connectivity index (χ0n) is 14.8. The van der Waals surface area contributed by atoms with Crippen molar-refractivity contribution in [3.63, 3.8) is 0 Å². The number of hydrogen-bond donors (Lipinski definition) is 4. The molecule has 1 fully saturated rings. The minimum absolute atomic E-state index is 0. The fourth-order valence-corrected chi connectivity index (χ4v) is 2.48. The van der Waals surface area contributed by atoms with Crippen LogP contribution in [0, 0.1) is 5.41 Å². The van der Waals surface area contributed by atoms with E-state index in [1.165, 1.54) is 0 Å². The second kappa shape index (κ2) is 11.1. The van der Waals surface area contributed by atoms with Crippen LogP contribution in [-0.4, -0.2) is 48.8 Å². The Bertz CT molecular complexity index is 380. The molecule has 7 heteroatoms. The van der Waals surface area contributed by atoms with Crippen molar-refractivity contribution >= 4 is 35.8 Å². The molecule has 0 atom stereocenters. The number of aliphatic hydroxyl groups excluding tert-OH is 1. The van der Waals surface area contributed by atoms with E-state index in [9.17, 15) is 9.90 Å². The van der Waals surface area contributed by atoms with Gasteiger partial charge >= 0.3 is 0 Å². The Hall–Kier alpha value is -0.570. The molecule has 0 bridgehead atoms. The van der Waals surface area contributed by atoms with Crippen LogP contribution in [-0.2, 0) is 4.79 Å². The summed E-state index contributed by atoms with van der Waals surface area (Å²) in [4.78, 5) is 16.6. The zero-order valence-corrected chi connectivity index (χ0v) is 17.1. The van der Waals surface area contributed by atoms with E-state index in [0.29, 0.717) is 19.1 Å². The van der Waals surface area contributed by atoms with Gasteiger partial charge in [-0.15, -0.1) is 24.0 Å². The molecule has 4 N–H and O–H groups in total. The van der Waals surface area contributed by atoms with Gasteiger partial charge < -0.3 is 21.1 Å². The van der Waals surface area contributed by atoms with Gasteiger partial charge in [0, 0.05) is 19.1 Å². The van der Waals surface area contributed by atoms with E-state index in [2.05, 4.69) is 20.9 Å². The Balaban J connectivity index is 0.00000484. The number of carbonyl (C=O) groups is 1. The molecule has 0 aromatic heterocycles. The van der Waals surface area contributed by atoms with Crippen LogP contribution >= 0.6 is 24.0 Å². The van der Waals surface area contributed by atoms with Crippen LogP contribution in [0.4, 0.5) is 0 Å². The van der Waals surface area contributed by atoms with Gasteiger partial charge in [-0.3, -0.25) is 9.79 Å². The fraction of sp³-hybridized carbons (Fsp3) is 0.875. The number of amides is 1. The number of halogens is 1. The fourth-order valence-electron chi connectivity index (χ4n) is 2.48. The van der Waals surface area contributed by atoms with E-state index >= 15 is 0 Å². The molecule has 1 rings (SSSR count). The molecule has 0 heterocycles. The highest BCUT2D eigenvalue weighted by atomic mass is 127. The van der Waals surface area contributed by atoms with E-state index in [4.69, 9.17) is 0 Å². The van der Waals surface area contributed by atoms with Crippen molar-refractivity contribution in [2.24, 2.45) is 10.4 Å². The van der Waals surface area contributed by atoms with Gasteiger partial charge in [0.1, 0.15) is 0 Å². The van der Waals surface area contributed by atoms with E-state index in [-0.39, 0.29) is 36.0 Å². The zero-order chi connectivity index (χ0) is 16.6. The number of carbonyl (C=O) groups excluding carboxylic acids is 1. The van der Waals surface area contributed by atoms with Gasteiger partial charge in [-0.25, -0.2) is 0 Å². The Morgan fingerprint density at radius 1 is 1.13 bits per heavy atom. The highest BCUT2D eigenvalue weighted by Gasteiger charge is 2.27. The summed E-state index contributed by atoms with van der Waals surface area (Å²) in [6.45, 7) is 9.60. The molecule has 6 nitrogen and oxygen atoms in total. The van der Waals surface area contributed by atoms with E-state index in [0.717, 1.165) is 38.2 Å². The third-order valence-corrected chi connectivity index (χ3v) is 3.97. The number of rotatable bonds is 6. The maximum atomic E-state index is 12.0. The van der Waals surface area contributed by atoms with Crippen LogP contribution in [0.3, 0.4) is 0 Å². The summed E-state index contributed by atoms with van der Waals surface area (Å²) in [6.07, 6.45) is 3.41. The van der Waals surface area contributed by atoms with Gasteiger partial charge in [0.25, 0.3) is 0 Å². The van der Waals surface area contributed by atoms with Crippen molar-refractivity contribution in [1.82, 2.24) is 16.0 Å². The number of nitrogens with zero attached hydrogens (tertiary/aromatic N) is 1. The number of hydrogen-bond acceptors (Lipinski definition) is 3. The summed E-state index contributed by atoms with van der Waals surface area (Å²) in [7, 11) is 0. The van der Waals surface area contributed by atoms with Crippen molar-refractivity contribution < 1.29 is 9.90 Å². The van der Waals surface area contributed by atoms with Gasteiger partial charge in [-0.05, 0) is 53.4 Å². The van der Waals surface area contributed by atoms with Gasteiger partial charge in [0.05, 0.1) is 18.1 Å². The Morgan fingerprint density at radius 3 is 2.22 bits per heavy atom. The van der Waals surface area contributed by atoms with Gasteiger partial charge in [-0.1, -0.05) is 0 Å². The second-order valence-corrected chi connectivity index (χ2v) is 6.59. The number of nitrogens with one attached hydrogen (secondary N) is 3. The quantitative estimate of drug-likeness (QED) is 0.287. The largest absolute Gasteiger partial charge is 0.393 e. The van der Waals surface area contributed by atoms with Gasteiger partial charge in [0.2, 0.25) is 5.91 Å². The first-order valence-electron chi connectivity index (χ1n) is 8.40. The predicted octanol–water partition coefficient (Wildman–Crippen LogP) is 1.63. The molecular weight excluding hydrogens is 407 g/mol. The van der Waals surface area contributed by atoms with Crippen LogP contribution in [0.1, 0.15) is 53.4 Å². The molecule has 0 aromatic carbocycles. The highest BCUT2D eigenvalue weighted by Crippen LogP contribution is 2.19. The average Bonchev–Trinajstić information content (AvgIpc) is 2.47. The molecule has 23 heavy (non-hydrogen) atoms. The molecule has 0 saturated heterocycles. The molecule has 1 amide bonds. The van der Waals surface area contributed by atoms with Crippen molar-refractivity contribution in [1.29, 1.82) is 0 Å². The molecule has 0 aromatic rings. The summed E-state index contributed by atoms with van der Waals surface area (Å²) < 4.78 is 0. The molecule has 0 radical (unpaired) electrons. The lowest BCUT2D eigenvalue weighted by molar-refractivity contribution is -0.128. The summed E-state index contributed by atoms with van der Waals surface area (Å²) in [5, 5.41) is 19.1.